The summed E-state index contributed by atoms with van der Waals surface area (Å²) in [6.07, 6.45) is 6.01. The van der Waals surface area contributed by atoms with Crippen LogP contribution in [0.15, 0.2) is 60.9 Å². The van der Waals surface area contributed by atoms with E-state index in [-0.39, 0.29) is 29.8 Å². The van der Waals surface area contributed by atoms with Gasteiger partial charge in [0.25, 0.3) is 0 Å². The number of carbonyl (C=O) groups is 3. The number of carboxylic acid groups (broad SMARTS) is 1. The molecule has 2 saturated heterocycles. The Labute approximate surface area is 286 Å². The summed E-state index contributed by atoms with van der Waals surface area (Å²) in [5.41, 5.74) is 5.96. The largest absolute Gasteiger partial charge is 0.465 e. The zero-order chi connectivity index (χ0) is 34.7. The molecule has 4 N–H and O–H groups in total. The first-order chi connectivity index (χ1) is 23.7. The second-order valence-electron chi connectivity index (χ2n) is 13.3. The number of nitrogens with one attached hydrogen (secondary N) is 3. The van der Waals surface area contributed by atoms with Crippen molar-refractivity contribution in [3.8, 4) is 33.6 Å². The van der Waals surface area contributed by atoms with Crippen molar-refractivity contribution in [2.75, 3.05) is 33.2 Å². The molecule has 6 rings (SSSR count). The lowest BCUT2D eigenvalue weighted by atomic mass is 10.0. The fourth-order valence-electron chi connectivity index (χ4n) is 7.17. The standard InChI is InChI=1S/C37H46N8O4/c1-5-38-22-32(46)44-18-6-8-30(44)34-39-20-28(41-34)26-14-10-24(11-15-26)25-12-16-27(17-13-25)29-21-40-35(42-29)31-9-7-19-45(31)36(47)33(23(2)3)43(4)37(48)49/h10-17,20-21,23,30-31,33,38H,5-9,18-19,22H2,1-4H3,(H,39,41)(H,40,42)(H,48,49)/t30-,31-,33-/m0/s1. The molecule has 0 aliphatic carbocycles. The molecular weight excluding hydrogens is 620 g/mol. The van der Waals surface area contributed by atoms with Gasteiger partial charge < -0.3 is 30.2 Å². The van der Waals surface area contributed by atoms with Crippen molar-refractivity contribution in [2.45, 2.75) is 64.6 Å². The molecule has 258 valence electrons. The molecule has 3 amide bonds. The molecule has 2 aliphatic rings. The Kier molecular flexibility index (Phi) is 10.1. The number of carbonyl (C=O) groups excluding carboxylic acids is 2. The highest BCUT2D eigenvalue weighted by molar-refractivity contribution is 5.86. The molecule has 0 saturated carbocycles. The quantitative estimate of drug-likeness (QED) is 0.160. The second-order valence-corrected chi connectivity index (χ2v) is 13.3. The molecule has 0 unspecified atom stereocenters. The number of imidazole rings is 2. The molecule has 49 heavy (non-hydrogen) atoms. The van der Waals surface area contributed by atoms with Gasteiger partial charge >= 0.3 is 6.09 Å². The van der Waals surface area contributed by atoms with Gasteiger partial charge in [0.2, 0.25) is 11.8 Å². The maximum atomic E-state index is 13.5. The van der Waals surface area contributed by atoms with Gasteiger partial charge in [-0.05, 0) is 60.4 Å². The lowest BCUT2D eigenvalue weighted by Crippen LogP contribution is -2.51. The van der Waals surface area contributed by atoms with Crippen molar-refractivity contribution < 1.29 is 19.5 Å². The van der Waals surface area contributed by atoms with E-state index in [4.69, 9.17) is 0 Å². The monoisotopic (exact) mass is 666 g/mol. The number of likely N-dealkylation sites (N-methyl/N-ethyl adjacent to an activating group) is 2. The SMILES string of the molecule is CCNCC(=O)N1CCC[C@H]1c1ncc(-c2ccc(-c3ccc(-c4cnc([C@@H]5CCCN5C(=O)[C@H](C(C)C)N(C)C(=O)O)[nH]4)cc3)cc2)[nH]1. The smallest absolute Gasteiger partial charge is 0.407 e. The van der Waals surface area contributed by atoms with Crippen LogP contribution < -0.4 is 5.32 Å². The van der Waals surface area contributed by atoms with E-state index in [1.165, 1.54) is 7.05 Å². The first-order valence-corrected chi connectivity index (χ1v) is 17.2. The Morgan fingerprint density at radius 1 is 0.837 bits per heavy atom. The highest BCUT2D eigenvalue weighted by Gasteiger charge is 2.39. The number of hydrogen-bond acceptors (Lipinski definition) is 6. The number of hydrogen-bond donors (Lipinski definition) is 4. The molecule has 2 fully saturated rings. The van der Waals surface area contributed by atoms with E-state index in [0.29, 0.717) is 18.9 Å². The highest BCUT2D eigenvalue weighted by Crippen LogP contribution is 2.35. The van der Waals surface area contributed by atoms with Gasteiger partial charge in [0, 0.05) is 20.1 Å². The van der Waals surface area contributed by atoms with Gasteiger partial charge in [-0.2, -0.15) is 0 Å². The van der Waals surface area contributed by atoms with E-state index in [2.05, 4.69) is 73.8 Å². The molecule has 2 aliphatic heterocycles. The molecule has 2 aromatic heterocycles. The van der Waals surface area contributed by atoms with E-state index < -0.39 is 12.1 Å². The number of aromatic nitrogens is 4. The maximum absolute atomic E-state index is 13.5. The summed E-state index contributed by atoms with van der Waals surface area (Å²) in [7, 11) is 1.45. The van der Waals surface area contributed by atoms with E-state index in [0.717, 1.165) is 83.1 Å². The third kappa shape index (κ3) is 7.10. The predicted octanol–water partition coefficient (Wildman–Crippen LogP) is 5.70. The average Bonchev–Trinajstić information content (AvgIpc) is 3.93. The van der Waals surface area contributed by atoms with Gasteiger partial charge in [0.15, 0.2) is 0 Å². The fourth-order valence-corrected chi connectivity index (χ4v) is 7.17. The number of amides is 3. The van der Waals surface area contributed by atoms with Gasteiger partial charge in [0.1, 0.15) is 17.7 Å². The molecule has 12 heteroatoms. The summed E-state index contributed by atoms with van der Waals surface area (Å²) in [6, 6.07) is 15.6. The lowest BCUT2D eigenvalue weighted by molar-refractivity contribution is -0.138. The van der Waals surface area contributed by atoms with Crippen LogP contribution in [0, 0.1) is 5.92 Å². The summed E-state index contributed by atoms with van der Waals surface area (Å²) >= 11 is 0. The molecule has 3 atom stereocenters. The van der Waals surface area contributed by atoms with Gasteiger partial charge in [0.05, 0.1) is 42.4 Å². The molecule has 4 heterocycles. The topological polar surface area (TPSA) is 151 Å². The van der Waals surface area contributed by atoms with E-state index >= 15 is 0 Å². The molecule has 4 aromatic rings. The number of aromatic amines is 2. The zero-order valence-corrected chi connectivity index (χ0v) is 28.6. The van der Waals surface area contributed by atoms with Crippen LogP contribution in [0.1, 0.15) is 70.2 Å². The summed E-state index contributed by atoms with van der Waals surface area (Å²) in [4.78, 5) is 58.9. The maximum Gasteiger partial charge on any atom is 0.407 e. The average molecular weight is 667 g/mol. The van der Waals surface area contributed by atoms with Crippen molar-refractivity contribution in [1.29, 1.82) is 0 Å². The normalized spacial score (nSPS) is 18.3. The minimum absolute atomic E-state index is 0.0219. The molecular formula is C37H46N8O4. The Balaban J connectivity index is 1.11. The number of H-pyrrole nitrogens is 2. The number of likely N-dealkylation sites (tertiary alicyclic amines) is 2. The van der Waals surface area contributed by atoms with E-state index in [1.807, 2.05) is 31.9 Å². The van der Waals surface area contributed by atoms with Gasteiger partial charge in [-0.25, -0.2) is 14.8 Å². The Morgan fingerprint density at radius 2 is 1.31 bits per heavy atom. The van der Waals surface area contributed by atoms with Crippen LogP contribution >= 0.6 is 0 Å². The van der Waals surface area contributed by atoms with Crippen LogP contribution in [0.5, 0.6) is 0 Å². The zero-order valence-electron chi connectivity index (χ0n) is 28.6. The Morgan fingerprint density at radius 3 is 1.78 bits per heavy atom. The third-order valence-corrected chi connectivity index (χ3v) is 9.79. The van der Waals surface area contributed by atoms with E-state index in [1.54, 1.807) is 11.1 Å². The van der Waals surface area contributed by atoms with Crippen LogP contribution in [-0.2, 0) is 9.59 Å². The first-order valence-electron chi connectivity index (χ1n) is 17.2. The first kappa shape index (κ1) is 33.9. The van der Waals surface area contributed by atoms with Gasteiger partial charge in [-0.3, -0.25) is 14.5 Å². The fraction of sp³-hybridized carbons (Fsp3) is 0.432. The summed E-state index contributed by atoms with van der Waals surface area (Å²) in [6.45, 7) is 8.18. The Bertz CT molecular complexity index is 1760. The minimum Gasteiger partial charge on any atom is -0.465 e. The van der Waals surface area contributed by atoms with Crippen molar-refractivity contribution in [3.63, 3.8) is 0 Å². The number of rotatable bonds is 11. The summed E-state index contributed by atoms with van der Waals surface area (Å²) in [5.74, 6) is 1.31. The van der Waals surface area contributed by atoms with Crippen LogP contribution in [0.2, 0.25) is 0 Å². The van der Waals surface area contributed by atoms with Crippen molar-refractivity contribution >= 4 is 17.9 Å². The van der Waals surface area contributed by atoms with Crippen LogP contribution in [0.4, 0.5) is 4.79 Å². The Hall–Kier alpha value is -4.97. The van der Waals surface area contributed by atoms with Gasteiger partial charge in [-0.1, -0.05) is 69.3 Å². The molecule has 0 bridgehead atoms. The third-order valence-electron chi connectivity index (χ3n) is 9.79. The van der Waals surface area contributed by atoms with Crippen LogP contribution in [-0.4, -0.2) is 96.9 Å². The van der Waals surface area contributed by atoms with Crippen molar-refractivity contribution in [2.24, 2.45) is 5.92 Å². The molecule has 0 spiro atoms. The van der Waals surface area contributed by atoms with Crippen molar-refractivity contribution in [3.05, 3.63) is 72.6 Å². The van der Waals surface area contributed by atoms with Crippen LogP contribution in [0.3, 0.4) is 0 Å². The van der Waals surface area contributed by atoms with Crippen LogP contribution in [0.25, 0.3) is 33.6 Å². The summed E-state index contributed by atoms with van der Waals surface area (Å²) < 4.78 is 0. The molecule has 12 nitrogen and oxygen atoms in total. The second kappa shape index (κ2) is 14.7. The minimum atomic E-state index is -1.11. The van der Waals surface area contributed by atoms with E-state index in [9.17, 15) is 19.5 Å². The molecule has 0 radical (unpaired) electrons. The predicted molar refractivity (Wildman–Crippen MR) is 187 cm³/mol. The lowest BCUT2D eigenvalue weighted by Gasteiger charge is -2.33. The molecule has 2 aromatic carbocycles. The van der Waals surface area contributed by atoms with Gasteiger partial charge in [-0.15, -0.1) is 0 Å². The van der Waals surface area contributed by atoms with Crippen molar-refractivity contribution in [1.82, 2.24) is 40.0 Å². The highest BCUT2D eigenvalue weighted by atomic mass is 16.4. The summed E-state index contributed by atoms with van der Waals surface area (Å²) in [5, 5.41) is 12.7. The number of nitrogens with zero attached hydrogens (tertiary/aromatic N) is 5. The number of benzene rings is 2.